The number of allylic oxidation sites excluding steroid dienone is 2. The molecule has 5 aliphatic rings. The summed E-state index contributed by atoms with van der Waals surface area (Å²) in [5.74, 6) is 2.93. The summed E-state index contributed by atoms with van der Waals surface area (Å²) in [5, 5.41) is 0. The Morgan fingerprint density at radius 3 is 2.76 bits per heavy atom. The molecule has 0 amide bonds. The molecule has 0 spiro atoms. The highest BCUT2D eigenvalue weighted by molar-refractivity contribution is 5.31. The number of nitrogens with zero attached hydrogens (tertiary/aromatic N) is 1. The fourth-order valence-electron chi connectivity index (χ4n) is 6.07. The topological polar surface area (TPSA) is 40.2 Å². The van der Waals surface area contributed by atoms with Crippen molar-refractivity contribution >= 4 is 0 Å². The quantitative estimate of drug-likeness (QED) is 0.767. The van der Waals surface area contributed by atoms with Crippen molar-refractivity contribution in [1.29, 1.82) is 0 Å². The van der Waals surface area contributed by atoms with E-state index in [0.717, 1.165) is 30.6 Å². The molecule has 3 aliphatic heterocycles. The first-order valence-corrected chi connectivity index (χ1v) is 9.73. The minimum absolute atomic E-state index is 0.0611. The van der Waals surface area contributed by atoms with Gasteiger partial charge in [-0.25, -0.2) is 0 Å². The predicted molar refractivity (Wildman–Crippen MR) is 92.9 cm³/mol. The first-order chi connectivity index (χ1) is 12.3. The van der Waals surface area contributed by atoms with Gasteiger partial charge in [-0.05, 0) is 50.1 Å². The van der Waals surface area contributed by atoms with Gasteiger partial charge in [-0.2, -0.15) is 0 Å². The maximum atomic E-state index is 5.85. The molecular formula is C20H29NO4. The maximum absolute atomic E-state index is 5.85. The van der Waals surface area contributed by atoms with E-state index >= 15 is 0 Å². The van der Waals surface area contributed by atoms with Crippen LogP contribution in [0.2, 0.25) is 0 Å². The van der Waals surface area contributed by atoms with Gasteiger partial charge in [-0.1, -0.05) is 11.6 Å². The SMILES string of the molecule is COC1=CC=C2CC3C4CC5OCOC5CC4CCN3C[C@H]2[C@@H]1OC. The summed E-state index contributed by atoms with van der Waals surface area (Å²) in [6, 6.07) is 0.654. The third-order valence-corrected chi connectivity index (χ3v) is 7.32. The van der Waals surface area contributed by atoms with Crippen LogP contribution in [0.5, 0.6) is 0 Å². The molecule has 3 saturated heterocycles. The van der Waals surface area contributed by atoms with Crippen LogP contribution in [0.25, 0.3) is 0 Å². The highest BCUT2D eigenvalue weighted by atomic mass is 16.7. The lowest BCUT2D eigenvalue weighted by Gasteiger charge is -2.54. The Morgan fingerprint density at radius 2 is 1.96 bits per heavy atom. The van der Waals surface area contributed by atoms with Crippen LogP contribution < -0.4 is 0 Å². The largest absolute Gasteiger partial charge is 0.498 e. The van der Waals surface area contributed by atoms with Gasteiger partial charge >= 0.3 is 0 Å². The zero-order chi connectivity index (χ0) is 17.0. The molecule has 0 aromatic rings. The molecule has 5 unspecified atom stereocenters. The van der Waals surface area contributed by atoms with E-state index in [-0.39, 0.29) is 6.10 Å². The van der Waals surface area contributed by atoms with Gasteiger partial charge in [0.15, 0.2) is 0 Å². The minimum atomic E-state index is 0.0611. The number of hydrogen-bond donors (Lipinski definition) is 0. The van der Waals surface area contributed by atoms with E-state index in [4.69, 9.17) is 18.9 Å². The van der Waals surface area contributed by atoms with E-state index in [9.17, 15) is 0 Å². The lowest BCUT2D eigenvalue weighted by Crippen LogP contribution is -2.58. The normalized spacial score (nSPS) is 46.2. The predicted octanol–water partition coefficient (Wildman–Crippen LogP) is 2.33. The van der Waals surface area contributed by atoms with E-state index < -0.39 is 0 Å². The Balaban J connectivity index is 1.39. The van der Waals surface area contributed by atoms with Crippen LogP contribution in [0.15, 0.2) is 23.5 Å². The lowest BCUT2D eigenvalue weighted by atomic mass is 9.65. The van der Waals surface area contributed by atoms with Crippen molar-refractivity contribution in [2.45, 2.75) is 50.0 Å². The highest BCUT2D eigenvalue weighted by Crippen LogP contribution is 2.48. The molecule has 0 N–H and O–H groups in total. The summed E-state index contributed by atoms with van der Waals surface area (Å²) in [6.45, 7) is 2.79. The molecule has 4 fully saturated rings. The third-order valence-electron chi connectivity index (χ3n) is 7.32. The van der Waals surface area contributed by atoms with Gasteiger partial charge in [-0.3, -0.25) is 4.90 Å². The maximum Gasteiger partial charge on any atom is 0.147 e. The van der Waals surface area contributed by atoms with Crippen LogP contribution in [0.1, 0.15) is 25.7 Å². The second-order valence-corrected chi connectivity index (χ2v) is 8.26. The molecule has 0 bridgehead atoms. The molecule has 1 saturated carbocycles. The van der Waals surface area contributed by atoms with Crippen LogP contribution in [-0.4, -0.2) is 63.4 Å². The fourth-order valence-corrected chi connectivity index (χ4v) is 6.07. The first kappa shape index (κ1) is 16.3. The Kier molecular flexibility index (Phi) is 4.16. The zero-order valence-electron chi connectivity index (χ0n) is 15.2. The van der Waals surface area contributed by atoms with Gasteiger partial charge in [0.2, 0.25) is 0 Å². The van der Waals surface area contributed by atoms with E-state index in [1.807, 2.05) is 0 Å². The van der Waals surface area contributed by atoms with Gasteiger partial charge in [0.1, 0.15) is 18.7 Å². The van der Waals surface area contributed by atoms with Crippen LogP contribution in [0, 0.1) is 17.8 Å². The van der Waals surface area contributed by atoms with E-state index in [1.54, 1.807) is 19.8 Å². The van der Waals surface area contributed by atoms with Gasteiger partial charge in [0.05, 0.1) is 19.3 Å². The summed E-state index contributed by atoms with van der Waals surface area (Å²) in [7, 11) is 3.55. The molecule has 5 nitrogen and oxygen atoms in total. The summed E-state index contributed by atoms with van der Waals surface area (Å²) < 4.78 is 23.0. The van der Waals surface area contributed by atoms with Crippen molar-refractivity contribution in [3.63, 3.8) is 0 Å². The Morgan fingerprint density at radius 1 is 1.12 bits per heavy atom. The second kappa shape index (κ2) is 6.38. The van der Waals surface area contributed by atoms with Gasteiger partial charge in [-0.15, -0.1) is 0 Å². The standard InChI is InChI=1S/C20H29NO4/c1-22-17-4-3-12-7-16-14-9-19-18(24-11-25-19)8-13(14)5-6-21(16)10-15(12)20(17)23-2/h3-4,13-16,18-20H,5-11H2,1-2H3/t13?,14?,15-,16?,18?,19?,20+/m1/s1. The molecule has 0 aromatic carbocycles. The molecule has 0 aromatic heterocycles. The molecule has 0 radical (unpaired) electrons. The van der Waals surface area contributed by atoms with Gasteiger partial charge < -0.3 is 18.9 Å². The van der Waals surface area contributed by atoms with Crippen LogP contribution >= 0.6 is 0 Å². The molecule has 7 atom stereocenters. The number of methoxy groups -OCH3 is 2. The highest BCUT2D eigenvalue weighted by Gasteiger charge is 2.50. The molecule has 25 heavy (non-hydrogen) atoms. The van der Waals surface area contributed by atoms with Crippen LogP contribution in [0.4, 0.5) is 0 Å². The monoisotopic (exact) mass is 347 g/mol. The lowest BCUT2D eigenvalue weighted by molar-refractivity contribution is -0.0606. The van der Waals surface area contributed by atoms with Crippen molar-refractivity contribution in [2.24, 2.45) is 17.8 Å². The third kappa shape index (κ3) is 2.59. The number of fused-ring (bicyclic) bond motifs is 5. The molecule has 138 valence electrons. The van der Waals surface area contributed by atoms with Gasteiger partial charge in [0.25, 0.3) is 0 Å². The van der Waals surface area contributed by atoms with Crippen molar-refractivity contribution in [1.82, 2.24) is 4.90 Å². The number of ether oxygens (including phenoxy) is 4. The van der Waals surface area contributed by atoms with Gasteiger partial charge in [0, 0.05) is 25.6 Å². The Bertz CT molecular complexity index is 588. The van der Waals surface area contributed by atoms with E-state index in [1.165, 1.54) is 25.8 Å². The smallest absolute Gasteiger partial charge is 0.147 e. The van der Waals surface area contributed by atoms with Crippen molar-refractivity contribution in [3.8, 4) is 0 Å². The van der Waals surface area contributed by atoms with Crippen LogP contribution in [0.3, 0.4) is 0 Å². The van der Waals surface area contributed by atoms with E-state index in [0.29, 0.717) is 31.0 Å². The average molecular weight is 347 g/mol. The van der Waals surface area contributed by atoms with Crippen LogP contribution in [-0.2, 0) is 18.9 Å². The van der Waals surface area contributed by atoms with E-state index in [2.05, 4.69) is 17.1 Å². The molecule has 5 heteroatoms. The zero-order valence-corrected chi connectivity index (χ0v) is 15.2. The minimum Gasteiger partial charge on any atom is -0.498 e. The van der Waals surface area contributed by atoms with Crippen molar-refractivity contribution in [2.75, 3.05) is 34.1 Å². The number of hydrogen-bond acceptors (Lipinski definition) is 5. The molecule has 2 aliphatic carbocycles. The van der Waals surface area contributed by atoms with Crippen molar-refractivity contribution in [3.05, 3.63) is 23.5 Å². The summed E-state index contributed by atoms with van der Waals surface area (Å²) in [5.41, 5.74) is 1.54. The molecule has 5 rings (SSSR count). The first-order valence-electron chi connectivity index (χ1n) is 9.73. The average Bonchev–Trinajstić information content (AvgIpc) is 3.11. The molecular weight excluding hydrogens is 318 g/mol. The Labute approximate surface area is 149 Å². The Hall–Kier alpha value is -0.880. The summed E-state index contributed by atoms with van der Waals surface area (Å²) in [6.07, 6.45) is 9.96. The number of piperidine rings is 2. The number of rotatable bonds is 2. The summed E-state index contributed by atoms with van der Waals surface area (Å²) >= 11 is 0. The molecule has 3 heterocycles. The summed E-state index contributed by atoms with van der Waals surface area (Å²) in [4.78, 5) is 2.73. The second-order valence-electron chi connectivity index (χ2n) is 8.26. The van der Waals surface area contributed by atoms with Crippen molar-refractivity contribution < 1.29 is 18.9 Å². The fraction of sp³-hybridized carbons (Fsp3) is 0.800.